The van der Waals surface area contributed by atoms with Gasteiger partial charge >= 0.3 is 5.97 Å². The highest BCUT2D eigenvalue weighted by Crippen LogP contribution is 2.28. The van der Waals surface area contributed by atoms with Gasteiger partial charge in [0.15, 0.2) is 6.61 Å². The van der Waals surface area contributed by atoms with Gasteiger partial charge in [-0.15, -0.1) is 0 Å². The maximum Gasteiger partial charge on any atom is 0.314 e. The molecule has 31 heavy (non-hydrogen) atoms. The topological polar surface area (TPSA) is 59.1 Å². The molecule has 1 heterocycles. The largest absolute Gasteiger partial charge is 0.497 e. The van der Waals surface area contributed by atoms with Gasteiger partial charge in [-0.05, 0) is 35.7 Å². The fraction of sp³-hybridized carbons (Fsp3) is 0.440. The minimum Gasteiger partial charge on any atom is -0.497 e. The summed E-state index contributed by atoms with van der Waals surface area (Å²) in [7, 11) is 1.65. The first-order chi connectivity index (χ1) is 15.0. The summed E-state index contributed by atoms with van der Waals surface area (Å²) in [6.07, 6.45) is 0.857. The molecule has 6 nitrogen and oxygen atoms in total. The number of amides is 1. The summed E-state index contributed by atoms with van der Waals surface area (Å²) in [5.41, 5.74) is 2.04. The second-order valence-electron chi connectivity index (χ2n) is 7.95. The first-order valence-electron chi connectivity index (χ1n) is 10.9. The fourth-order valence-electron chi connectivity index (χ4n) is 3.91. The number of piperazine rings is 1. The second-order valence-corrected chi connectivity index (χ2v) is 7.95. The molecule has 2 aromatic rings. The lowest BCUT2D eigenvalue weighted by Gasteiger charge is -2.36. The molecule has 1 fully saturated rings. The van der Waals surface area contributed by atoms with Crippen molar-refractivity contribution in [3.8, 4) is 5.75 Å². The molecule has 0 N–H and O–H groups in total. The van der Waals surface area contributed by atoms with Gasteiger partial charge in [0, 0.05) is 31.9 Å². The van der Waals surface area contributed by atoms with Gasteiger partial charge in [0.2, 0.25) is 0 Å². The van der Waals surface area contributed by atoms with Crippen LogP contribution in [0.25, 0.3) is 0 Å². The Morgan fingerprint density at radius 1 is 0.968 bits per heavy atom. The number of esters is 1. The van der Waals surface area contributed by atoms with E-state index in [1.165, 1.54) is 0 Å². The summed E-state index contributed by atoms with van der Waals surface area (Å²) in [4.78, 5) is 29.5. The van der Waals surface area contributed by atoms with Crippen LogP contribution in [0, 0.1) is 5.92 Å². The predicted molar refractivity (Wildman–Crippen MR) is 121 cm³/mol. The Bertz CT molecular complexity index is 846. The average molecular weight is 425 g/mol. The van der Waals surface area contributed by atoms with Crippen molar-refractivity contribution >= 4 is 17.6 Å². The smallest absolute Gasteiger partial charge is 0.314 e. The minimum atomic E-state index is -0.356. The molecule has 1 aliphatic heterocycles. The number of nitrogens with zero attached hydrogens (tertiary/aromatic N) is 2. The molecule has 0 saturated carbocycles. The van der Waals surface area contributed by atoms with Gasteiger partial charge in [0.05, 0.1) is 13.0 Å². The van der Waals surface area contributed by atoms with Crippen LogP contribution in [0.3, 0.4) is 0 Å². The van der Waals surface area contributed by atoms with Crippen LogP contribution in [-0.2, 0) is 14.3 Å². The Morgan fingerprint density at radius 2 is 1.61 bits per heavy atom. The van der Waals surface area contributed by atoms with Gasteiger partial charge in [-0.2, -0.15) is 0 Å². The van der Waals surface area contributed by atoms with Crippen molar-refractivity contribution in [2.45, 2.75) is 26.2 Å². The zero-order chi connectivity index (χ0) is 22.2. The van der Waals surface area contributed by atoms with Crippen LogP contribution in [0.15, 0.2) is 54.6 Å². The maximum atomic E-state index is 12.8. The molecule has 2 atom stereocenters. The van der Waals surface area contributed by atoms with Gasteiger partial charge in [0.1, 0.15) is 5.75 Å². The van der Waals surface area contributed by atoms with Gasteiger partial charge in [0.25, 0.3) is 5.91 Å². The number of ether oxygens (including phenoxy) is 2. The van der Waals surface area contributed by atoms with E-state index in [-0.39, 0.29) is 30.3 Å². The number of anilines is 1. The van der Waals surface area contributed by atoms with Crippen molar-refractivity contribution in [2.75, 3.05) is 44.8 Å². The fourth-order valence-corrected chi connectivity index (χ4v) is 3.91. The summed E-state index contributed by atoms with van der Waals surface area (Å²) in [5, 5.41) is 0. The van der Waals surface area contributed by atoms with Crippen molar-refractivity contribution in [3.05, 3.63) is 60.2 Å². The molecule has 0 aliphatic carbocycles. The molecule has 2 aromatic carbocycles. The van der Waals surface area contributed by atoms with Gasteiger partial charge in [-0.1, -0.05) is 50.6 Å². The summed E-state index contributed by atoms with van der Waals surface area (Å²) < 4.78 is 10.7. The number of methoxy groups -OCH3 is 1. The SMILES string of the molecule is CC[C@H](C)[C@@H](C(=O)OCC(=O)N1CCN(c2ccc(OC)cc2)CC1)c1ccccc1. The van der Waals surface area contributed by atoms with E-state index in [9.17, 15) is 9.59 Å². The van der Waals surface area contributed by atoms with Crippen molar-refractivity contribution < 1.29 is 19.1 Å². The monoisotopic (exact) mass is 424 g/mol. The molecule has 0 aromatic heterocycles. The van der Waals surface area contributed by atoms with E-state index >= 15 is 0 Å². The lowest BCUT2D eigenvalue weighted by Crippen LogP contribution is -2.50. The normalized spacial score (nSPS) is 15.8. The molecular formula is C25H32N2O4. The van der Waals surface area contributed by atoms with Crippen LogP contribution in [0.4, 0.5) is 5.69 Å². The Balaban J connectivity index is 1.51. The van der Waals surface area contributed by atoms with Crippen LogP contribution in [0.1, 0.15) is 31.7 Å². The first-order valence-corrected chi connectivity index (χ1v) is 10.9. The molecule has 0 bridgehead atoms. The minimum absolute atomic E-state index is 0.137. The number of hydrogen-bond donors (Lipinski definition) is 0. The molecule has 0 spiro atoms. The van der Waals surface area contributed by atoms with E-state index in [1.807, 2.05) is 61.5 Å². The quantitative estimate of drug-likeness (QED) is 0.605. The van der Waals surface area contributed by atoms with Crippen LogP contribution in [0.2, 0.25) is 0 Å². The van der Waals surface area contributed by atoms with E-state index in [4.69, 9.17) is 9.47 Å². The molecule has 1 saturated heterocycles. The van der Waals surface area contributed by atoms with Crippen molar-refractivity contribution in [1.29, 1.82) is 0 Å². The second kappa shape index (κ2) is 10.8. The molecular weight excluding hydrogens is 392 g/mol. The lowest BCUT2D eigenvalue weighted by molar-refractivity contribution is -0.154. The molecule has 3 rings (SSSR count). The summed E-state index contributed by atoms with van der Waals surface area (Å²) >= 11 is 0. The van der Waals surface area contributed by atoms with E-state index in [0.29, 0.717) is 13.1 Å². The molecule has 166 valence electrons. The zero-order valence-corrected chi connectivity index (χ0v) is 18.6. The molecule has 1 aliphatic rings. The number of hydrogen-bond acceptors (Lipinski definition) is 5. The number of carbonyl (C=O) groups is 2. The third-order valence-corrected chi connectivity index (χ3v) is 6.03. The Labute approximate surface area is 184 Å². The van der Waals surface area contributed by atoms with Crippen LogP contribution in [-0.4, -0.2) is 56.7 Å². The molecule has 0 unspecified atom stereocenters. The highest BCUT2D eigenvalue weighted by atomic mass is 16.5. The van der Waals surface area contributed by atoms with Crippen LogP contribution < -0.4 is 9.64 Å². The molecule has 0 radical (unpaired) electrons. The lowest BCUT2D eigenvalue weighted by atomic mass is 9.86. The van der Waals surface area contributed by atoms with Crippen molar-refractivity contribution in [3.63, 3.8) is 0 Å². The third kappa shape index (κ3) is 5.78. The van der Waals surface area contributed by atoms with Crippen molar-refractivity contribution in [2.24, 2.45) is 5.92 Å². The van der Waals surface area contributed by atoms with Crippen LogP contribution >= 0.6 is 0 Å². The first kappa shape index (κ1) is 22.7. The number of benzene rings is 2. The Morgan fingerprint density at radius 3 is 2.19 bits per heavy atom. The van der Waals surface area contributed by atoms with E-state index in [0.717, 1.165) is 36.5 Å². The van der Waals surface area contributed by atoms with Crippen molar-refractivity contribution in [1.82, 2.24) is 4.90 Å². The molecule has 6 heteroatoms. The average Bonchev–Trinajstić information content (AvgIpc) is 2.83. The Hall–Kier alpha value is -3.02. The summed E-state index contributed by atoms with van der Waals surface area (Å²) in [6.45, 7) is 6.59. The summed E-state index contributed by atoms with van der Waals surface area (Å²) in [6, 6.07) is 17.6. The predicted octanol–water partition coefficient (Wildman–Crippen LogP) is 3.72. The van der Waals surface area contributed by atoms with E-state index in [1.54, 1.807) is 12.0 Å². The summed E-state index contributed by atoms with van der Waals surface area (Å²) in [5.74, 6) is 0.138. The maximum absolute atomic E-state index is 12.8. The number of rotatable bonds is 8. The highest BCUT2D eigenvalue weighted by Gasteiger charge is 2.29. The van der Waals surface area contributed by atoms with Crippen LogP contribution in [0.5, 0.6) is 5.75 Å². The highest BCUT2D eigenvalue weighted by molar-refractivity contribution is 5.83. The van der Waals surface area contributed by atoms with Gasteiger partial charge in [-0.25, -0.2) is 0 Å². The standard InChI is InChI=1S/C25H32N2O4/c1-4-19(2)24(20-8-6-5-7-9-20)25(29)31-18-23(28)27-16-14-26(15-17-27)21-10-12-22(30-3)13-11-21/h5-13,19,24H,4,14-18H2,1-3H3/t19-,24+/m0/s1. The third-order valence-electron chi connectivity index (χ3n) is 6.03. The zero-order valence-electron chi connectivity index (χ0n) is 18.6. The molecule has 1 amide bonds. The van der Waals surface area contributed by atoms with Gasteiger partial charge in [-0.3, -0.25) is 9.59 Å². The van der Waals surface area contributed by atoms with Gasteiger partial charge < -0.3 is 19.3 Å². The number of carbonyl (C=O) groups excluding carboxylic acids is 2. The van der Waals surface area contributed by atoms with E-state index in [2.05, 4.69) is 11.8 Å². The Kier molecular flexibility index (Phi) is 7.93. The van der Waals surface area contributed by atoms with E-state index < -0.39 is 0 Å².